The van der Waals surface area contributed by atoms with Crippen LogP contribution in [-0.2, 0) is 6.42 Å². The lowest BCUT2D eigenvalue weighted by atomic mass is 9.98. The molecular weight excluding hydrogens is 324 g/mol. The maximum atomic E-state index is 5.97. The van der Waals surface area contributed by atoms with Gasteiger partial charge in [0.2, 0.25) is 0 Å². The summed E-state index contributed by atoms with van der Waals surface area (Å²) in [5, 5.41) is 0.702. The van der Waals surface area contributed by atoms with Crippen LogP contribution in [-0.4, -0.2) is 0 Å². The highest BCUT2D eigenvalue weighted by atomic mass is 79.9. The fraction of sp³-hybridized carbons (Fsp3) is 0.200. The van der Waals surface area contributed by atoms with Gasteiger partial charge in [0.25, 0.3) is 0 Å². The van der Waals surface area contributed by atoms with Gasteiger partial charge in [0.1, 0.15) is 0 Å². The minimum Gasteiger partial charge on any atom is -0.271 e. The Hall–Kier alpha value is -0.870. The molecule has 2 rings (SSSR count). The van der Waals surface area contributed by atoms with Crippen molar-refractivity contribution < 1.29 is 0 Å². The van der Waals surface area contributed by atoms with Crippen molar-refractivity contribution in [3.05, 3.63) is 68.7 Å². The van der Waals surface area contributed by atoms with Gasteiger partial charge >= 0.3 is 0 Å². The Bertz CT molecular complexity index is 555. The van der Waals surface area contributed by atoms with Gasteiger partial charge in [0.15, 0.2) is 0 Å². The first-order valence-electron chi connectivity index (χ1n) is 6.15. The average molecular weight is 340 g/mol. The van der Waals surface area contributed by atoms with Crippen LogP contribution < -0.4 is 11.3 Å². The minimum absolute atomic E-state index is 0.0578. The SMILES string of the molecule is CCc1ccc(C(NN)c2ccc(Cl)cc2Br)cc1. The van der Waals surface area contributed by atoms with E-state index in [-0.39, 0.29) is 6.04 Å². The Labute approximate surface area is 127 Å². The molecule has 0 aliphatic heterocycles. The molecule has 2 nitrogen and oxygen atoms in total. The van der Waals surface area contributed by atoms with Crippen molar-refractivity contribution in [2.75, 3.05) is 0 Å². The molecule has 0 aliphatic carbocycles. The van der Waals surface area contributed by atoms with Gasteiger partial charge in [-0.25, -0.2) is 5.43 Å². The molecule has 0 radical (unpaired) electrons. The van der Waals surface area contributed by atoms with E-state index in [0.717, 1.165) is 22.0 Å². The highest BCUT2D eigenvalue weighted by Gasteiger charge is 2.15. The van der Waals surface area contributed by atoms with Gasteiger partial charge in [-0.3, -0.25) is 5.84 Å². The largest absolute Gasteiger partial charge is 0.271 e. The van der Waals surface area contributed by atoms with Crippen molar-refractivity contribution in [3.63, 3.8) is 0 Å². The molecule has 0 saturated carbocycles. The zero-order valence-electron chi connectivity index (χ0n) is 10.7. The molecule has 1 unspecified atom stereocenters. The van der Waals surface area contributed by atoms with E-state index in [0.29, 0.717) is 5.02 Å². The summed E-state index contributed by atoms with van der Waals surface area (Å²) in [6.45, 7) is 2.14. The number of halogens is 2. The summed E-state index contributed by atoms with van der Waals surface area (Å²) in [5.74, 6) is 5.71. The van der Waals surface area contributed by atoms with Crippen LogP contribution in [0.25, 0.3) is 0 Å². The third-order valence-electron chi connectivity index (χ3n) is 3.16. The molecule has 0 spiro atoms. The molecule has 0 saturated heterocycles. The maximum Gasteiger partial charge on any atom is 0.0721 e. The quantitative estimate of drug-likeness (QED) is 0.646. The van der Waals surface area contributed by atoms with Crippen molar-refractivity contribution in [1.82, 2.24) is 5.43 Å². The topological polar surface area (TPSA) is 38.0 Å². The Morgan fingerprint density at radius 3 is 2.42 bits per heavy atom. The van der Waals surface area contributed by atoms with Gasteiger partial charge in [-0.05, 0) is 35.2 Å². The summed E-state index contributed by atoms with van der Waals surface area (Å²) in [6.07, 6.45) is 1.03. The third kappa shape index (κ3) is 3.37. The fourth-order valence-corrected chi connectivity index (χ4v) is 2.96. The van der Waals surface area contributed by atoms with Crippen LogP contribution in [0.15, 0.2) is 46.9 Å². The molecule has 2 aromatic carbocycles. The van der Waals surface area contributed by atoms with E-state index in [1.54, 1.807) is 0 Å². The van der Waals surface area contributed by atoms with E-state index < -0.39 is 0 Å². The molecule has 0 amide bonds. The van der Waals surface area contributed by atoms with Gasteiger partial charge < -0.3 is 0 Å². The highest BCUT2D eigenvalue weighted by molar-refractivity contribution is 9.10. The van der Waals surface area contributed by atoms with Gasteiger partial charge in [0, 0.05) is 9.50 Å². The molecule has 0 aliphatic rings. The van der Waals surface area contributed by atoms with Crippen LogP contribution >= 0.6 is 27.5 Å². The zero-order chi connectivity index (χ0) is 13.8. The molecule has 100 valence electrons. The lowest BCUT2D eigenvalue weighted by Crippen LogP contribution is -2.29. The van der Waals surface area contributed by atoms with Gasteiger partial charge in [0.05, 0.1) is 6.04 Å². The van der Waals surface area contributed by atoms with Crippen LogP contribution in [0, 0.1) is 0 Å². The first kappa shape index (κ1) is 14.5. The average Bonchev–Trinajstić information content (AvgIpc) is 2.42. The Balaban J connectivity index is 2.37. The molecule has 2 aromatic rings. The molecule has 0 bridgehead atoms. The monoisotopic (exact) mass is 338 g/mol. The van der Waals surface area contributed by atoms with Gasteiger partial charge in [-0.2, -0.15) is 0 Å². The number of hydrogen-bond donors (Lipinski definition) is 2. The van der Waals surface area contributed by atoms with Crippen LogP contribution in [0.1, 0.15) is 29.7 Å². The van der Waals surface area contributed by atoms with Gasteiger partial charge in [-0.15, -0.1) is 0 Å². The lowest BCUT2D eigenvalue weighted by molar-refractivity contribution is 0.634. The molecule has 3 N–H and O–H groups in total. The Kier molecular flexibility index (Phi) is 4.99. The fourth-order valence-electron chi connectivity index (χ4n) is 2.05. The summed E-state index contributed by atoms with van der Waals surface area (Å²) in [6, 6.07) is 14.1. The minimum atomic E-state index is -0.0578. The highest BCUT2D eigenvalue weighted by Crippen LogP contribution is 2.30. The second-order valence-corrected chi connectivity index (χ2v) is 5.65. The molecule has 0 aromatic heterocycles. The number of hydrazine groups is 1. The third-order valence-corrected chi connectivity index (χ3v) is 4.08. The summed E-state index contributed by atoms with van der Waals surface area (Å²) in [7, 11) is 0. The van der Waals surface area contributed by atoms with E-state index in [2.05, 4.69) is 52.5 Å². The van der Waals surface area contributed by atoms with E-state index in [4.69, 9.17) is 17.4 Å². The molecule has 1 atom stereocenters. The van der Waals surface area contributed by atoms with Crippen molar-refractivity contribution in [1.29, 1.82) is 0 Å². The molecular formula is C15H16BrClN2. The number of nitrogens with two attached hydrogens (primary N) is 1. The van der Waals surface area contributed by atoms with Crippen molar-refractivity contribution in [2.45, 2.75) is 19.4 Å². The second kappa shape index (κ2) is 6.53. The number of aryl methyl sites for hydroxylation is 1. The molecule has 19 heavy (non-hydrogen) atoms. The van der Waals surface area contributed by atoms with Crippen LogP contribution in [0.3, 0.4) is 0 Å². The summed E-state index contributed by atoms with van der Waals surface area (Å²) in [4.78, 5) is 0. The molecule has 0 fully saturated rings. The van der Waals surface area contributed by atoms with E-state index in [1.165, 1.54) is 5.56 Å². The number of benzene rings is 2. The summed E-state index contributed by atoms with van der Waals surface area (Å²) in [5.41, 5.74) is 6.37. The number of nitrogens with one attached hydrogen (secondary N) is 1. The number of hydrogen-bond acceptors (Lipinski definition) is 2. The standard InChI is InChI=1S/C15H16BrClN2/c1-2-10-3-5-11(6-4-10)15(19-18)13-8-7-12(17)9-14(13)16/h3-9,15,19H,2,18H2,1H3. The van der Waals surface area contributed by atoms with Crippen molar-refractivity contribution >= 4 is 27.5 Å². The first-order chi connectivity index (χ1) is 9.15. The van der Waals surface area contributed by atoms with Crippen LogP contribution in [0.5, 0.6) is 0 Å². The smallest absolute Gasteiger partial charge is 0.0721 e. The number of rotatable bonds is 4. The molecule has 0 heterocycles. The van der Waals surface area contributed by atoms with Crippen LogP contribution in [0.4, 0.5) is 0 Å². The maximum absolute atomic E-state index is 5.97. The van der Waals surface area contributed by atoms with E-state index >= 15 is 0 Å². The van der Waals surface area contributed by atoms with Crippen LogP contribution in [0.2, 0.25) is 5.02 Å². The summed E-state index contributed by atoms with van der Waals surface area (Å²) < 4.78 is 0.947. The Morgan fingerprint density at radius 1 is 1.21 bits per heavy atom. The normalized spacial score (nSPS) is 12.4. The predicted molar refractivity (Wildman–Crippen MR) is 84.1 cm³/mol. The van der Waals surface area contributed by atoms with E-state index in [9.17, 15) is 0 Å². The Morgan fingerprint density at radius 2 is 1.89 bits per heavy atom. The second-order valence-electron chi connectivity index (χ2n) is 4.36. The van der Waals surface area contributed by atoms with Crippen molar-refractivity contribution in [2.24, 2.45) is 5.84 Å². The van der Waals surface area contributed by atoms with Gasteiger partial charge in [-0.1, -0.05) is 64.8 Å². The molecule has 4 heteroatoms. The first-order valence-corrected chi connectivity index (χ1v) is 7.32. The summed E-state index contributed by atoms with van der Waals surface area (Å²) >= 11 is 9.50. The zero-order valence-corrected chi connectivity index (χ0v) is 13.0. The van der Waals surface area contributed by atoms with E-state index in [1.807, 2.05) is 18.2 Å². The van der Waals surface area contributed by atoms with Crippen molar-refractivity contribution in [3.8, 4) is 0 Å². The predicted octanol–water partition coefficient (Wildman–Crippen LogP) is 4.22. The lowest BCUT2D eigenvalue weighted by Gasteiger charge is -2.19.